The van der Waals surface area contributed by atoms with Gasteiger partial charge in [0.15, 0.2) is 0 Å². The Morgan fingerprint density at radius 1 is 0.400 bits per heavy atom. The number of nitrogens with zero attached hydrogens (tertiary/aromatic N) is 1. The molecule has 0 unspecified atom stereocenters. The minimum absolute atomic E-state index is 0.889. The molecule has 7 aromatic carbocycles. The summed E-state index contributed by atoms with van der Waals surface area (Å²) in [5, 5.41) is 7.10. The minimum Gasteiger partial charge on any atom is -0.456 e. The van der Waals surface area contributed by atoms with Crippen molar-refractivity contribution in [3.8, 4) is 11.1 Å². The molecule has 0 aliphatic carbocycles. The quantitative estimate of drug-likeness (QED) is 0.234. The van der Waals surface area contributed by atoms with Crippen LogP contribution in [0.25, 0.3) is 54.6 Å². The molecule has 0 N–H and O–H groups in total. The molecule has 0 aliphatic rings. The third-order valence-corrected chi connectivity index (χ3v) is 7.81. The van der Waals surface area contributed by atoms with E-state index in [1.54, 1.807) is 0 Å². The molecule has 8 aromatic rings. The highest BCUT2D eigenvalue weighted by molar-refractivity contribution is 6.22. The van der Waals surface area contributed by atoms with Gasteiger partial charge in [0, 0.05) is 33.6 Å². The second-order valence-corrected chi connectivity index (χ2v) is 10.2. The Balaban J connectivity index is 1.44. The van der Waals surface area contributed by atoms with Gasteiger partial charge in [-0.3, -0.25) is 0 Å². The molecule has 1 aromatic heterocycles. The standard InChI is InChI=1S/C38H25NO/c1-2-11-26(12-3-1)29-15-10-16-30(23-29)39(31-22-21-27-13-4-5-14-28(27)24-31)35-25-37-38(33-18-7-6-17-32(33)35)34-19-8-9-20-36(34)40-37/h1-25H. The first kappa shape index (κ1) is 22.6. The van der Waals surface area contributed by atoms with E-state index >= 15 is 0 Å². The van der Waals surface area contributed by atoms with E-state index in [2.05, 4.69) is 144 Å². The normalized spacial score (nSPS) is 11.5. The fourth-order valence-electron chi connectivity index (χ4n) is 5.95. The number of para-hydroxylation sites is 1. The fourth-order valence-corrected chi connectivity index (χ4v) is 5.95. The summed E-state index contributed by atoms with van der Waals surface area (Å²) in [4.78, 5) is 2.37. The Kier molecular flexibility index (Phi) is 5.17. The van der Waals surface area contributed by atoms with E-state index in [1.807, 2.05) is 12.1 Å². The maximum Gasteiger partial charge on any atom is 0.138 e. The molecule has 0 bridgehead atoms. The van der Waals surface area contributed by atoms with Gasteiger partial charge < -0.3 is 9.32 Å². The third kappa shape index (κ3) is 3.65. The van der Waals surface area contributed by atoms with Crippen LogP contribution in [0.5, 0.6) is 0 Å². The summed E-state index contributed by atoms with van der Waals surface area (Å²) < 4.78 is 6.46. The first-order valence-electron chi connectivity index (χ1n) is 13.6. The average Bonchev–Trinajstić information content (AvgIpc) is 3.40. The van der Waals surface area contributed by atoms with Crippen molar-refractivity contribution >= 4 is 60.5 Å². The lowest BCUT2D eigenvalue weighted by Crippen LogP contribution is -2.10. The minimum atomic E-state index is 0.889. The van der Waals surface area contributed by atoms with E-state index in [0.717, 1.165) is 39.0 Å². The van der Waals surface area contributed by atoms with Crippen LogP contribution in [0.1, 0.15) is 0 Å². The number of hydrogen-bond donors (Lipinski definition) is 0. The number of hydrogen-bond acceptors (Lipinski definition) is 2. The zero-order valence-corrected chi connectivity index (χ0v) is 21.8. The molecule has 0 amide bonds. The predicted molar refractivity (Wildman–Crippen MR) is 169 cm³/mol. The Morgan fingerprint density at radius 2 is 1.07 bits per heavy atom. The summed E-state index contributed by atoms with van der Waals surface area (Å²) in [5.41, 5.74) is 7.45. The van der Waals surface area contributed by atoms with Crippen LogP contribution in [0.15, 0.2) is 156 Å². The molecule has 188 valence electrons. The van der Waals surface area contributed by atoms with Crippen molar-refractivity contribution in [3.63, 3.8) is 0 Å². The van der Waals surface area contributed by atoms with Gasteiger partial charge in [0.05, 0.1) is 5.69 Å². The van der Waals surface area contributed by atoms with Gasteiger partial charge in [-0.1, -0.05) is 115 Å². The zero-order valence-electron chi connectivity index (χ0n) is 21.8. The maximum atomic E-state index is 6.46. The highest BCUT2D eigenvalue weighted by Gasteiger charge is 2.20. The lowest BCUT2D eigenvalue weighted by atomic mass is 9.99. The van der Waals surface area contributed by atoms with Crippen LogP contribution in [0, 0.1) is 0 Å². The van der Waals surface area contributed by atoms with Gasteiger partial charge >= 0.3 is 0 Å². The first-order chi connectivity index (χ1) is 19.8. The molecule has 2 nitrogen and oxygen atoms in total. The van der Waals surface area contributed by atoms with Crippen molar-refractivity contribution in [2.45, 2.75) is 0 Å². The monoisotopic (exact) mass is 511 g/mol. The number of furan rings is 1. The van der Waals surface area contributed by atoms with Crippen molar-refractivity contribution in [3.05, 3.63) is 152 Å². The topological polar surface area (TPSA) is 16.4 Å². The van der Waals surface area contributed by atoms with Gasteiger partial charge in [-0.15, -0.1) is 0 Å². The summed E-state index contributed by atoms with van der Waals surface area (Å²) >= 11 is 0. The number of benzene rings is 7. The van der Waals surface area contributed by atoms with E-state index in [0.29, 0.717) is 0 Å². The zero-order chi connectivity index (χ0) is 26.5. The average molecular weight is 512 g/mol. The molecule has 0 saturated heterocycles. The SMILES string of the molecule is c1ccc(-c2cccc(N(c3ccc4ccccc4c3)c3cc4oc5ccccc5c4c4ccccc34)c2)cc1. The largest absolute Gasteiger partial charge is 0.456 e. The Hall–Kier alpha value is -5.34. The molecule has 0 aliphatic heterocycles. The van der Waals surface area contributed by atoms with E-state index in [-0.39, 0.29) is 0 Å². The number of anilines is 3. The van der Waals surface area contributed by atoms with Crippen LogP contribution in [0.2, 0.25) is 0 Å². The first-order valence-corrected chi connectivity index (χ1v) is 13.6. The van der Waals surface area contributed by atoms with Crippen molar-refractivity contribution in [2.24, 2.45) is 0 Å². The van der Waals surface area contributed by atoms with Gasteiger partial charge in [-0.2, -0.15) is 0 Å². The molecule has 0 spiro atoms. The van der Waals surface area contributed by atoms with E-state index in [9.17, 15) is 0 Å². The van der Waals surface area contributed by atoms with Crippen LogP contribution in [-0.4, -0.2) is 0 Å². The summed E-state index contributed by atoms with van der Waals surface area (Å²) in [6, 6.07) is 53.8. The Morgan fingerprint density at radius 3 is 1.95 bits per heavy atom. The van der Waals surface area contributed by atoms with Crippen LogP contribution in [-0.2, 0) is 0 Å². The van der Waals surface area contributed by atoms with Gasteiger partial charge in [0.1, 0.15) is 11.2 Å². The molecule has 8 rings (SSSR count). The summed E-state index contributed by atoms with van der Waals surface area (Å²) in [6.45, 7) is 0. The van der Waals surface area contributed by atoms with Crippen LogP contribution in [0.3, 0.4) is 0 Å². The summed E-state index contributed by atoms with van der Waals surface area (Å²) in [5.74, 6) is 0. The lowest BCUT2D eigenvalue weighted by molar-refractivity contribution is 0.669. The van der Waals surface area contributed by atoms with Crippen molar-refractivity contribution in [1.29, 1.82) is 0 Å². The lowest BCUT2D eigenvalue weighted by Gasteiger charge is -2.28. The molecule has 0 fully saturated rings. The molecule has 0 saturated carbocycles. The van der Waals surface area contributed by atoms with Crippen LogP contribution < -0.4 is 4.90 Å². The second kappa shape index (κ2) is 9.14. The molecule has 40 heavy (non-hydrogen) atoms. The molecular weight excluding hydrogens is 486 g/mol. The summed E-state index contributed by atoms with van der Waals surface area (Å²) in [6.07, 6.45) is 0. The molecule has 0 radical (unpaired) electrons. The summed E-state index contributed by atoms with van der Waals surface area (Å²) in [7, 11) is 0. The fraction of sp³-hybridized carbons (Fsp3) is 0. The number of rotatable bonds is 4. The molecule has 2 heteroatoms. The van der Waals surface area contributed by atoms with Crippen molar-refractivity contribution < 1.29 is 4.42 Å². The second-order valence-electron chi connectivity index (χ2n) is 10.2. The molecule has 0 atom stereocenters. The van der Waals surface area contributed by atoms with E-state index in [4.69, 9.17) is 4.42 Å². The molecule has 1 heterocycles. The van der Waals surface area contributed by atoms with Crippen molar-refractivity contribution in [2.75, 3.05) is 4.90 Å². The molecular formula is C38H25NO. The number of fused-ring (bicyclic) bond motifs is 6. The maximum absolute atomic E-state index is 6.46. The Labute approximate surface area is 232 Å². The third-order valence-electron chi connectivity index (χ3n) is 7.81. The van der Waals surface area contributed by atoms with Gasteiger partial charge in [0.2, 0.25) is 0 Å². The van der Waals surface area contributed by atoms with E-state index in [1.165, 1.54) is 32.7 Å². The van der Waals surface area contributed by atoms with E-state index < -0.39 is 0 Å². The predicted octanol–water partition coefficient (Wildman–Crippen LogP) is 11.0. The smallest absolute Gasteiger partial charge is 0.138 e. The van der Waals surface area contributed by atoms with Crippen molar-refractivity contribution in [1.82, 2.24) is 0 Å². The van der Waals surface area contributed by atoms with Gasteiger partial charge in [-0.05, 0) is 57.6 Å². The highest BCUT2D eigenvalue weighted by atomic mass is 16.3. The van der Waals surface area contributed by atoms with Gasteiger partial charge in [-0.25, -0.2) is 0 Å². The van der Waals surface area contributed by atoms with Crippen LogP contribution >= 0.6 is 0 Å². The highest BCUT2D eigenvalue weighted by Crippen LogP contribution is 2.45. The Bertz CT molecular complexity index is 2170. The van der Waals surface area contributed by atoms with Crippen LogP contribution in [0.4, 0.5) is 17.1 Å². The van der Waals surface area contributed by atoms with Gasteiger partial charge in [0.25, 0.3) is 0 Å².